The van der Waals surface area contributed by atoms with E-state index in [1.165, 1.54) is 12.8 Å². The Morgan fingerprint density at radius 2 is 1.59 bits per heavy atom. The third kappa shape index (κ3) is 2.88. The highest BCUT2D eigenvalue weighted by Gasteiger charge is 2.39. The molecule has 4 nitrogen and oxygen atoms in total. The van der Waals surface area contributed by atoms with E-state index in [2.05, 4.69) is 5.32 Å². The second-order valence-electron chi connectivity index (χ2n) is 5.80. The van der Waals surface area contributed by atoms with E-state index >= 15 is 0 Å². The van der Waals surface area contributed by atoms with Gasteiger partial charge in [0.25, 0.3) is 11.8 Å². The van der Waals surface area contributed by atoms with E-state index in [4.69, 9.17) is 11.6 Å². The number of carbonyl (C=O) groups excluding carboxylic acids is 2. The molecule has 1 saturated carbocycles. The number of nitrogens with zero attached hydrogens (tertiary/aromatic N) is 1. The van der Waals surface area contributed by atoms with E-state index in [0.29, 0.717) is 5.69 Å². The van der Waals surface area contributed by atoms with Crippen molar-refractivity contribution in [2.75, 3.05) is 4.90 Å². The van der Waals surface area contributed by atoms with Gasteiger partial charge in [-0.25, -0.2) is 4.90 Å². The molecule has 1 aliphatic heterocycles. The predicted molar refractivity (Wildman–Crippen MR) is 86.4 cm³/mol. The summed E-state index contributed by atoms with van der Waals surface area (Å²) in [5.41, 5.74) is 0.802. The van der Waals surface area contributed by atoms with E-state index in [9.17, 15) is 9.59 Å². The first-order chi connectivity index (χ1) is 10.7. The zero-order valence-corrected chi connectivity index (χ0v) is 13.1. The smallest absolute Gasteiger partial charge is 0.283 e. The van der Waals surface area contributed by atoms with E-state index in [1.807, 2.05) is 6.07 Å². The van der Waals surface area contributed by atoms with E-state index < -0.39 is 5.91 Å². The summed E-state index contributed by atoms with van der Waals surface area (Å²) in [4.78, 5) is 26.0. The Bertz CT molecular complexity index is 604. The van der Waals surface area contributed by atoms with Crippen molar-refractivity contribution in [3.63, 3.8) is 0 Å². The molecule has 2 aliphatic rings. The van der Waals surface area contributed by atoms with Gasteiger partial charge in [-0.05, 0) is 25.0 Å². The number of para-hydroxylation sites is 1. The Hall–Kier alpha value is -1.81. The molecule has 0 atom stereocenters. The maximum absolute atomic E-state index is 12.6. The van der Waals surface area contributed by atoms with Crippen LogP contribution >= 0.6 is 11.6 Å². The zero-order valence-electron chi connectivity index (χ0n) is 12.3. The fraction of sp³-hybridized carbons (Fsp3) is 0.412. The van der Waals surface area contributed by atoms with Gasteiger partial charge in [0.1, 0.15) is 10.7 Å². The lowest BCUT2D eigenvalue weighted by atomic mass is 10.1. The number of hydrogen-bond acceptors (Lipinski definition) is 3. The van der Waals surface area contributed by atoms with Gasteiger partial charge in [-0.3, -0.25) is 9.59 Å². The normalized spacial score (nSPS) is 20.5. The van der Waals surface area contributed by atoms with Crippen LogP contribution in [0.2, 0.25) is 0 Å². The van der Waals surface area contributed by atoms with Crippen molar-refractivity contribution in [1.82, 2.24) is 5.32 Å². The second-order valence-corrected chi connectivity index (χ2v) is 6.18. The number of benzene rings is 1. The number of imide groups is 1. The molecule has 0 bridgehead atoms. The summed E-state index contributed by atoms with van der Waals surface area (Å²) in [6.07, 6.45) is 6.78. The molecule has 116 valence electrons. The predicted octanol–water partition coefficient (Wildman–Crippen LogP) is 3.32. The molecule has 2 amide bonds. The van der Waals surface area contributed by atoms with Gasteiger partial charge in [0, 0.05) is 6.04 Å². The van der Waals surface area contributed by atoms with Crippen LogP contribution < -0.4 is 10.2 Å². The van der Waals surface area contributed by atoms with Gasteiger partial charge in [-0.1, -0.05) is 55.5 Å². The van der Waals surface area contributed by atoms with Crippen molar-refractivity contribution in [1.29, 1.82) is 0 Å². The molecule has 0 radical (unpaired) electrons. The van der Waals surface area contributed by atoms with Gasteiger partial charge in [-0.15, -0.1) is 0 Å². The highest BCUT2D eigenvalue weighted by Crippen LogP contribution is 2.29. The minimum Gasteiger partial charge on any atom is -0.376 e. The molecule has 3 rings (SSSR count). The van der Waals surface area contributed by atoms with Gasteiger partial charge in [0.2, 0.25) is 0 Å². The van der Waals surface area contributed by atoms with Gasteiger partial charge in [0.15, 0.2) is 0 Å². The number of rotatable bonds is 3. The van der Waals surface area contributed by atoms with Crippen LogP contribution in [0.15, 0.2) is 41.1 Å². The summed E-state index contributed by atoms with van der Waals surface area (Å²) in [6, 6.07) is 9.11. The average Bonchev–Trinajstić information content (AvgIpc) is 2.73. The van der Waals surface area contributed by atoms with Crippen LogP contribution in [0.1, 0.15) is 38.5 Å². The molecular weight excluding hydrogens is 300 g/mol. The molecule has 0 saturated heterocycles. The molecule has 0 aromatic heterocycles. The van der Waals surface area contributed by atoms with Crippen LogP contribution in [0.25, 0.3) is 0 Å². The molecule has 1 aromatic rings. The molecule has 1 aliphatic carbocycles. The number of carbonyl (C=O) groups is 2. The van der Waals surface area contributed by atoms with Crippen LogP contribution in [0.3, 0.4) is 0 Å². The third-order valence-corrected chi connectivity index (χ3v) is 4.60. The summed E-state index contributed by atoms with van der Waals surface area (Å²) in [6.45, 7) is 0. The molecule has 0 spiro atoms. The van der Waals surface area contributed by atoms with Crippen molar-refractivity contribution in [3.05, 3.63) is 41.1 Å². The minimum atomic E-state index is -0.450. The largest absolute Gasteiger partial charge is 0.376 e. The zero-order chi connectivity index (χ0) is 15.5. The Morgan fingerprint density at radius 1 is 0.955 bits per heavy atom. The van der Waals surface area contributed by atoms with Crippen LogP contribution in [0.4, 0.5) is 5.69 Å². The van der Waals surface area contributed by atoms with E-state index in [-0.39, 0.29) is 22.7 Å². The topological polar surface area (TPSA) is 49.4 Å². The monoisotopic (exact) mass is 318 g/mol. The quantitative estimate of drug-likeness (QED) is 0.687. The molecule has 1 fully saturated rings. The van der Waals surface area contributed by atoms with E-state index in [1.54, 1.807) is 24.3 Å². The first-order valence-corrected chi connectivity index (χ1v) is 8.16. The van der Waals surface area contributed by atoms with Gasteiger partial charge < -0.3 is 5.32 Å². The fourth-order valence-corrected chi connectivity index (χ4v) is 3.29. The van der Waals surface area contributed by atoms with Gasteiger partial charge >= 0.3 is 0 Å². The summed E-state index contributed by atoms with van der Waals surface area (Å²) < 4.78 is 0. The molecule has 1 aromatic carbocycles. The third-order valence-electron chi connectivity index (χ3n) is 4.25. The highest BCUT2D eigenvalue weighted by atomic mass is 35.5. The fourth-order valence-electron chi connectivity index (χ4n) is 3.07. The molecule has 5 heteroatoms. The van der Waals surface area contributed by atoms with Crippen LogP contribution in [0.5, 0.6) is 0 Å². The molecular formula is C17H19ClN2O2. The van der Waals surface area contributed by atoms with Gasteiger partial charge in [-0.2, -0.15) is 0 Å². The van der Waals surface area contributed by atoms with Crippen LogP contribution in [-0.2, 0) is 9.59 Å². The standard InChI is InChI=1S/C17H19ClN2O2/c18-14-15(19-12-8-4-1-2-5-9-12)17(22)20(16(14)21)13-10-6-3-7-11-13/h3,6-7,10-12,19H,1-2,4-5,8-9H2. The van der Waals surface area contributed by atoms with Crippen molar-refractivity contribution >= 4 is 29.1 Å². The van der Waals surface area contributed by atoms with Crippen LogP contribution in [-0.4, -0.2) is 17.9 Å². The number of hydrogen-bond donors (Lipinski definition) is 1. The lowest BCUT2D eigenvalue weighted by molar-refractivity contribution is -0.120. The SMILES string of the molecule is O=C1C(Cl)=C(NC2CCCCCC2)C(=O)N1c1ccccc1. The number of anilines is 1. The Labute approximate surface area is 135 Å². The first-order valence-electron chi connectivity index (χ1n) is 7.78. The summed E-state index contributed by atoms with van der Waals surface area (Å²) in [5.74, 6) is -0.806. The maximum Gasteiger partial charge on any atom is 0.283 e. The second kappa shape index (κ2) is 6.53. The first kappa shape index (κ1) is 15.1. The molecule has 1 heterocycles. The van der Waals surface area contributed by atoms with E-state index in [0.717, 1.165) is 30.6 Å². The number of amides is 2. The number of halogens is 1. The Morgan fingerprint density at radius 3 is 2.23 bits per heavy atom. The highest BCUT2D eigenvalue weighted by molar-refractivity contribution is 6.52. The lowest BCUT2D eigenvalue weighted by Crippen LogP contribution is -2.36. The van der Waals surface area contributed by atoms with Gasteiger partial charge in [0.05, 0.1) is 5.69 Å². The minimum absolute atomic E-state index is 0.00176. The van der Waals surface area contributed by atoms with Crippen molar-refractivity contribution in [2.24, 2.45) is 0 Å². The van der Waals surface area contributed by atoms with Crippen LogP contribution in [0, 0.1) is 0 Å². The lowest BCUT2D eigenvalue weighted by Gasteiger charge is -2.19. The molecule has 22 heavy (non-hydrogen) atoms. The van der Waals surface area contributed by atoms with Crippen molar-refractivity contribution in [2.45, 2.75) is 44.6 Å². The van der Waals surface area contributed by atoms with Crippen molar-refractivity contribution in [3.8, 4) is 0 Å². The average molecular weight is 319 g/mol. The Kier molecular flexibility index (Phi) is 4.48. The molecule has 1 N–H and O–H groups in total. The summed E-state index contributed by atoms with van der Waals surface area (Å²) in [7, 11) is 0. The summed E-state index contributed by atoms with van der Waals surface area (Å²) in [5, 5.41) is 3.22. The maximum atomic E-state index is 12.6. The number of nitrogens with one attached hydrogen (secondary N) is 1. The molecule has 0 unspecified atom stereocenters. The summed E-state index contributed by atoms with van der Waals surface area (Å²) >= 11 is 6.13. The van der Waals surface area contributed by atoms with Crippen molar-refractivity contribution < 1.29 is 9.59 Å². The Balaban J connectivity index is 1.79.